The topological polar surface area (TPSA) is 86.8 Å². The molecule has 0 heterocycles. The maximum Gasteiger partial charge on any atom is 0.244 e. The number of rotatable bonds is 10. The van der Waals surface area contributed by atoms with Gasteiger partial charge in [-0.15, -0.1) is 0 Å². The fourth-order valence-electron chi connectivity index (χ4n) is 3.36. The average molecular weight is 508 g/mol. The number of nitrogens with one attached hydrogen (secondary N) is 1. The minimum atomic E-state index is -3.80. The van der Waals surface area contributed by atoms with Crippen LogP contribution in [-0.2, 0) is 26.2 Å². The van der Waals surface area contributed by atoms with Crippen LogP contribution in [0, 0.1) is 19.8 Å². The zero-order valence-electron chi connectivity index (χ0n) is 20.6. The predicted octanol–water partition coefficient (Wildman–Crippen LogP) is 3.91. The third kappa shape index (κ3) is 7.46. The van der Waals surface area contributed by atoms with Gasteiger partial charge in [0.05, 0.1) is 11.9 Å². The smallest absolute Gasteiger partial charge is 0.244 e. The molecule has 1 N–H and O–H groups in total. The van der Waals surface area contributed by atoms with Gasteiger partial charge in [-0.2, -0.15) is 0 Å². The van der Waals surface area contributed by atoms with Crippen molar-refractivity contribution in [1.29, 1.82) is 0 Å². The van der Waals surface area contributed by atoms with Crippen LogP contribution in [0.3, 0.4) is 0 Å². The van der Waals surface area contributed by atoms with E-state index >= 15 is 0 Å². The molecule has 0 spiro atoms. The first-order chi connectivity index (χ1) is 15.8. The summed E-state index contributed by atoms with van der Waals surface area (Å²) in [7, 11) is -3.80. The monoisotopic (exact) mass is 507 g/mol. The molecule has 0 radical (unpaired) electrons. The molecule has 0 fully saturated rings. The second-order valence-corrected chi connectivity index (χ2v) is 11.3. The van der Waals surface area contributed by atoms with Crippen LogP contribution in [0.1, 0.15) is 37.5 Å². The summed E-state index contributed by atoms with van der Waals surface area (Å²) in [4.78, 5) is 27.8. The van der Waals surface area contributed by atoms with E-state index in [1.165, 1.54) is 11.0 Å². The Morgan fingerprint density at radius 2 is 1.68 bits per heavy atom. The number of halogens is 1. The molecule has 0 bridgehead atoms. The summed E-state index contributed by atoms with van der Waals surface area (Å²) in [6.45, 7) is 9.56. The van der Waals surface area contributed by atoms with E-state index in [2.05, 4.69) is 5.32 Å². The number of sulfonamides is 1. The van der Waals surface area contributed by atoms with Gasteiger partial charge in [-0.05, 0) is 55.5 Å². The van der Waals surface area contributed by atoms with Gasteiger partial charge >= 0.3 is 0 Å². The summed E-state index contributed by atoms with van der Waals surface area (Å²) in [5, 5.41) is 3.26. The number of benzene rings is 2. The highest BCUT2D eigenvalue weighted by atomic mass is 35.5. The lowest BCUT2D eigenvalue weighted by atomic mass is 10.1. The fourth-order valence-corrected chi connectivity index (χ4v) is 4.37. The van der Waals surface area contributed by atoms with Gasteiger partial charge in [0.25, 0.3) is 0 Å². The van der Waals surface area contributed by atoms with Crippen molar-refractivity contribution in [3.05, 3.63) is 64.2 Å². The Hall–Kier alpha value is -2.58. The number of carbonyl (C=O) groups is 2. The Balaban J connectivity index is 2.40. The number of hydrogen-bond donors (Lipinski definition) is 1. The van der Waals surface area contributed by atoms with E-state index in [1.54, 1.807) is 19.1 Å². The molecule has 186 valence electrons. The maximum atomic E-state index is 13.5. The Bertz CT molecular complexity index is 1130. The number of aryl methyl sites for hydroxylation is 2. The summed E-state index contributed by atoms with van der Waals surface area (Å²) in [6.07, 6.45) is 1.04. The van der Waals surface area contributed by atoms with Crippen LogP contribution in [0.4, 0.5) is 5.69 Å². The molecular weight excluding hydrogens is 474 g/mol. The van der Waals surface area contributed by atoms with Gasteiger partial charge in [0.1, 0.15) is 12.6 Å². The minimum Gasteiger partial charge on any atom is -0.354 e. The molecule has 7 nitrogen and oxygen atoms in total. The summed E-state index contributed by atoms with van der Waals surface area (Å²) >= 11 is 6.21. The fraction of sp³-hybridized carbons (Fsp3) is 0.440. The van der Waals surface area contributed by atoms with Crippen LogP contribution in [0.5, 0.6) is 0 Å². The lowest BCUT2D eigenvalue weighted by Gasteiger charge is -2.32. The van der Waals surface area contributed by atoms with E-state index in [0.29, 0.717) is 17.3 Å². The molecule has 2 aromatic rings. The molecule has 2 aromatic carbocycles. The molecular formula is C25H34ClN3O4S. The Kier molecular flexibility index (Phi) is 9.53. The molecule has 34 heavy (non-hydrogen) atoms. The number of nitrogens with zero attached hydrogens (tertiary/aromatic N) is 2. The van der Waals surface area contributed by atoms with Crippen LogP contribution < -0.4 is 9.62 Å². The first kappa shape index (κ1) is 27.7. The average Bonchev–Trinajstić information content (AvgIpc) is 2.75. The van der Waals surface area contributed by atoms with Gasteiger partial charge in [-0.1, -0.05) is 55.8 Å². The highest BCUT2D eigenvalue weighted by Gasteiger charge is 2.30. The Labute approximate surface area is 208 Å². The van der Waals surface area contributed by atoms with Crippen LogP contribution in [0.25, 0.3) is 0 Å². The SMILES string of the molecule is Cc1ccc(N(CC(=O)N(Cc2ccccc2C)[C@H](C)C(=O)NCC(C)C)S(C)(=O)=O)cc1Cl. The molecule has 0 saturated heterocycles. The van der Waals surface area contributed by atoms with E-state index in [1.807, 2.05) is 52.0 Å². The lowest BCUT2D eigenvalue weighted by molar-refractivity contribution is -0.139. The predicted molar refractivity (Wildman–Crippen MR) is 137 cm³/mol. The first-order valence-corrected chi connectivity index (χ1v) is 13.4. The van der Waals surface area contributed by atoms with Crippen LogP contribution >= 0.6 is 11.6 Å². The van der Waals surface area contributed by atoms with Crippen molar-refractivity contribution in [3.63, 3.8) is 0 Å². The molecule has 2 amide bonds. The van der Waals surface area contributed by atoms with Gasteiger partial charge in [0, 0.05) is 18.1 Å². The number of amides is 2. The normalized spacial score (nSPS) is 12.4. The third-order valence-electron chi connectivity index (χ3n) is 5.58. The highest BCUT2D eigenvalue weighted by molar-refractivity contribution is 7.92. The molecule has 0 aliphatic carbocycles. The molecule has 2 rings (SSSR count). The van der Waals surface area contributed by atoms with E-state index in [4.69, 9.17) is 11.6 Å². The summed E-state index contributed by atoms with van der Waals surface area (Å²) < 4.78 is 26.2. The quantitative estimate of drug-likeness (QED) is 0.528. The van der Waals surface area contributed by atoms with Crippen molar-refractivity contribution < 1.29 is 18.0 Å². The second kappa shape index (κ2) is 11.7. The van der Waals surface area contributed by atoms with E-state index in [9.17, 15) is 18.0 Å². The van der Waals surface area contributed by atoms with Crippen LogP contribution in [-0.4, -0.2) is 50.5 Å². The van der Waals surface area contributed by atoms with Gasteiger partial charge in [-0.3, -0.25) is 13.9 Å². The molecule has 0 aliphatic heterocycles. The summed E-state index contributed by atoms with van der Waals surface area (Å²) in [5.41, 5.74) is 2.94. The minimum absolute atomic E-state index is 0.175. The Morgan fingerprint density at radius 1 is 1.03 bits per heavy atom. The largest absolute Gasteiger partial charge is 0.354 e. The van der Waals surface area contributed by atoms with Crippen molar-refractivity contribution in [3.8, 4) is 0 Å². The van der Waals surface area contributed by atoms with E-state index in [-0.39, 0.29) is 18.4 Å². The number of hydrogen-bond acceptors (Lipinski definition) is 4. The Morgan fingerprint density at radius 3 is 2.24 bits per heavy atom. The van der Waals surface area contributed by atoms with Crippen LogP contribution in [0.15, 0.2) is 42.5 Å². The number of carbonyl (C=O) groups excluding carboxylic acids is 2. The molecule has 0 saturated carbocycles. The van der Waals surface area contributed by atoms with Crippen molar-refractivity contribution in [2.24, 2.45) is 5.92 Å². The zero-order valence-corrected chi connectivity index (χ0v) is 22.2. The van der Waals surface area contributed by atoms with Crippen LogP contribution in [0.2, 0.25) is 5.02 Å². The molecule has 1 atom stereocenters. The summed E-state index contributed by atoms with van der Waals surface area (Å²) in [5.74, 6) is -0.527. The maximum absolute atomic E-state index is 13.5. The first-order valence-electron chi connectivity index (χ1n) is 11.2. The standard InChI is InChI=1S/C25H34ClN3O4S/c1-17(2)14-27-25(31)20(5)28(15-21-10-8-7-9-18(21)3)24(30)16-29(34(6,32)33)22-12-11-19(4)23(26)13-22/h7-13,17,20H,14-16H2,1-6H3,(H,27,31)/t20-/m1/s1. The van der Waals surface area contributed by atoms with E-state index in [0.717, 1.165) is 27.3 Å². The lowest BCUT2D eigenvalue weighted by Crippen LogP contribution is -2.51. The number of anilines is 1. The molecule has 0 unspecified atom stereocenters. The van der Waals surface area contributed by atoms with Crippen molar-refractivity contribution in [1.82, 2.24) is 10.2 Å². The van der Waals surface area contributed by atoms with Crippen molar-refractivity contribution >= 4 is 39.1 Å². The van der Waals surface area contributed by atoms with Crippen molar-refractivity contribution in [2.75, 3.05) is 23.7 Å². The zero-order chi connectivity index (χ0) is 25.6. The molecule has 9 heteroatoms. The van der Waals surface area contributed by atoms with Gasteiger partial charge in [0.15, 0.2) is 0 Å². The van der Waals surface area contributed by atoms with Crippen molar-refractivity contribution in [2.45, 2.75) is 47.2 Å². The van der Waals surface area contributed by atoms with Gasteiger partial charge in [0.2, 0.25) is 21.8 Å². The van der Waals surface area contributed by atoms with Gasteiger partial charge in [-0.25, -0.2) is 8.42 Å². The molecule has 0 aromatic heterocycles. The second-order valence-electron chi connectivity index (χ2n) is 8.97. The third-order valence-corrected chi connectivity index (χ3v) is 7.12. The van der Waals surface area contributed by atoms with E-state index < -0.39 is 28.5 Å². The molecule has 0 aliphatic rings. The van der Waals surface area contributed by atoms with Gasteiger partial charge < -0.3 is 10.2 Å². The summed E-state index contributed by atoms with van der Waals surface area (Å²) in [6, 6.07) is 11.6. The highest BCUT2D eigenvalue weighted by Crippen LogP contribution is 2.25.